The molecule has 2 rings (SSSR count). The Morgan fingerprint density at radius 2 is 1.89 bits per heavy atom. The van der Waals surface area contributed by atoms with Crippen molar-refractivity contribution in [1.29, 1.82) is 0 Å². The first-order valence-electron chi connectivity index (χ1n) is 6.53. The zero-order chi connectivity index (χ0) is 13.0. The minimum absolute atomic E-state index is 0.290. The van der Waals surface area contributed by atoms with E-state index in [1.165, 1.54) is 0 Å². The average molecular weight is 297 g/mol. The van der Waals surface area contributed by atoms with Gasteiger partial charge in [-0.15, -0.1) is 11.6 Å². The van der Waals surface area contributed by atoms with Crippen LogP contribution in [0.3, 0.4) is 0 Å². The van der Waals surface area contributed by atoms with E-state index in [4.69, 9.17) is 16.3 Å². The third kappa shape index (κ3) is 3.36. The van der Waals surface area contributed by atoms with E-state index < -0.39 is 10.2 Å². The second-order valence-corrected chi connectivity index (χ2v) is 7.13. The Hall–Kier alpha value is 0.120. The fourth-order valence-electron chi connectivity index (χ4n) is 2.48. The van der Waals surface area contributed by atoms with Gasteiger partial charge in [0.2, 0.25) is 0 Å². The molecule has 0 N–H and O–H groups in total. The molecule has 0 saturated carbocycles. The Labute approximate surface area is 114 Å². The van der Waals surface area contributed by atoms with Gasteiger partial charge in [0.05, 0.1) is 6.61 Å². The number of hydrogen-bond acceptors (Lipinski definition) is 3. The summed E-state index contributed by atoms with van der Waals surface area (Å²) in [6, 6.07) is 0. The number of nitrogens with zero attached hydrogens (tertiary/aromatic N) is 2. The van der Waals surface area contributed by atoms with Gasteiger partial charge in [-0.05, 0) is 25.2 Å². The standard InChI is InChI=1S/C11H21ClN2O3S/c12-9-11-3-1-4-14(10-11)18(15,16)13-5-2-7-17-8-6-13/h11H,1-10H2. The van der Waals surface area contributed by atoms with E-state index >= 15 is 0 Å². The third-order valence-electron chi connectivity index (χ3n) is 3.53. The van der Waals surface area contributed by atoms with Crippen LogP contribution in [-0.2, 0) is 14.9 Å². The Morgan fingerprint density at radius 1 is 1.11 bits per heavy atom. The number of piperidine rings is 1. The zero-order valence-electron chi connectivity index (χ0n) is 10.6. The highest BCUT2D eigenvalue weighted by Gasteiger charge is 2.33. The first-order valence-corrected chi connectivity index (χ1v) is 8.46. The molecule has 5 nitrogen and oxygen atoms in total. The highest BCUT2D eigenvalue weighted by atomic mass is 35.5. The molecule has 0 radical (unpaired) electrons. The summed E-state index contributed by atoms with van der Waals surface area (Å²) in [6.07, 6.45) is 2.70. The number of halogens is 1. The van der Waals surface area contributed by atoms with Gasteiger partial charge in [0.15, 0.2) is 0 Å². The number of alkyl halides is 1. The molecule has 2 aliphatic heterocycles. The maximum atomic E-state index is 12.5. The molecular weight excluding hydrogens is 276 g/mol. The Bertz CT molecular complexity index is 355. The van der Waals surface area contributed by atoms with Crippen molar-refractivity contribution in [3.63, 3.8) is 0 Å². The lowest BCUT2D eigenvalue weighted by atomic mass is 10.0. The number of hydrogen-bond donors (Lipinski definition) is 0. The molecule has 2 aliphatic rings. The molecule has 0 aromatic rings. The molecule has 2 saturated heterocycles. The van der Waals surface area contributed by atoms with E-state index in [0.29, 0.717) is 51.2 Å². The fraction of sp³-hybridized carbons (Fsp3) is 1.00. The van der Waals surface area contributed by atoms with Crippen LogP contribution in [0.4, 0.5) is 0 Å². The molecule has 0 spiro atoms. The van der Waals surface area contributed by atoms with Gasteiger partial charge in [-0.3, -0.25) is 0 Å². The summed E-state index contributed by atoms with van der Waals surface area (Å²) in [5.41, 5.74) is 0. The van der Waals surface area contributed by atoms with Crippen molar-refractivity contribution in [3.05, 3.63) is 0 Å². The van der Waals surface area contributed by atoms with Crippen LogP contribution >= 0.6 is 11.6 Å². The molecule has 0 aliphatic carbocycles. The molecule has 0 amide bonds. The predicted octanol–water partition coefficient (Wildman–Crippen LogP) is 0.904. The van der Waals surface area contributed by atoms with Gasteiger partial charge < -0.3 is 4.74 Å². The SMILES string of the molecule is O=S(=O)(N1CCCOCC1)N1CCCC(CCl)C1. The molecule has 7 heteroatoms. The lowest BCUT2D eigenvalue weighted by Gasteiger charge is -2.34. The first-order chi connectivity index (χ1) is 8.64. The van der Waals surface area contributed by atoms with Crippen LogP contribution in [0.15, 0.2) is 0 Å². The molecule has 1 atom stereocenters. The predicted molar refractivity (Wildman–Crippen MR) is 70.9 cm³/mol. The summed E-state index contributed by atoms with van der Waals surface area (Å²) in [6.45, 7) is 3.34. The largest absolute Gasteiger partial charge is 0.380 e. The lowest BCUT2D eigenvalue weighted by Crippen LogP contribution is -2.48. The highest BCUT2D eigenvalue weighted by Crippen LogP contribution is 2.22. The highest BCUT2D eigenvalue weighted by molar-refractivity contribution is 7.86. The van der Waals surface area contributed by atoms with Crippen molar-refractivity contribution in [2.24, 2.45) is 5.92 Å². The van der Waals surface area contributed by atoms with Crippen molar-refractivity contribution in [2.75, 3.05) is 45.3 Å². The van der Waals surface area contributed by atoms with Crippen molar-refractivity contribution >= 4 is 21.8 Å². The topological polar surface area (TPSA) is 49.9 Å². The van der Waals surface area contributed by atoms with Gasteiger partial charge in [0.25, 0.3) is 10.2 Å². The normalized spacial score (nSPS) is 29.1. The second kappa shape index (κ2) is 6.52. The third-order valence-corrected chi connectivity index (χ3v) is 5.97. The van der Waals surface area contributed by atoms with Crippen molar-refractivity contribution < 1.29 is 13.2 Å². The Balaban J connectivity index is 2.04. The molecule has 0 aromatic heterocycles. The lowest BCUT2D eigenvalue weighted by molar-refractivity contribution is 0.147. The monoisotopic (exact) mass is 296 g/mol. The molecule has 0 aromatic carbocycles. The van der Waals surface area contributed by atoms with Gasteiger partial charge >= 0.3 is 0 Å². The summed E-state index contributed by atoms with van der Waals surface area (Å²) in [5.74, 6) is 0.827. The second-order valence-electron chi connectivity index (χ2n) is 4.89. The summed E-state index contributed by atoms with van der Waals surface area (Å²) in [4.78, 5) is 0. The first kappa shape index (κ1) is 14.5. The van der Waals surface area contributed by atoms with E-state index in [1.807, 2.05) is 0 Å². The molecular formula is C11H21ClN2O3S. The van der Waals surface area contributed by atoms with Crippen LogP contribution in [0.25, 0.3) is 0 Å². The maximum absolute atomic E-state index is 12.5. The van der Waals surface area contributed by atoms with Crippen LogP contribution in [0.2, 0.25) is 0 Å². The molecule has 2 heterocycles. The van der Waals surface area contributed by atoms with Gasteiger partial charge in [0, 0.05) is 38.7 Å². The van der Waals surface area contributed by atoms with E-state index in [2.05, 4.69) is 0 Å². The Kier molecular flexibility index (Phi) is 5.26. The average Bonchev–Trinajstić information content (AvgIpc) is 2.68. The van der Waals surface area contributed by atoms with Crippen molar-refractivity contribution in [2.45, 2.75) is 19.3 Å². The van der Waals surface area contributed by atoms with E-state index in [1.54, 1.807) is 8.61 Å². The van der Waals surface area contributed by atoms with Crippen LogP contribution in [0.5, 0.6) is 0 Å². The number of rotatable bonds is 3. The zero-order valence-corrected chi connectivity index (χ0v) is 12.1. The van der Waals surface area contributed by atoms with Crippen LogP contribution in [-0.4, -0.2) is 62.3 Å². The minimum atomic E-state index is -3.32. The molecule has 1 unspecified atom stereocenters. The van der Waals surface area contributed by atoms with Gasteiger partial charge in [-0.1, -0.05) is 0 Å². The van der Waals surface area contributed by atoms with E-state index in [0.717, 1.165) is 19.3 Å². The molecule has 106 valence electrons. The number of ether oxygens (including phenoxy) is 1. The maximum Gasteiger partial charge on any atom is 0.282 e. The van der Waals surface area contributed by atoms with Gasteiger partial charge in [-0.25, -0.2) is 0 Å². The molecule has 18 heavy (non-hydrogen) atoms. The van der Waals surface area contributed by atoms with Gasteiger partial charge in [-0.2, -0.15) is 17.0 Å². The van der Waals surface area contributed by atoms with Gasteiger partial charge in [0.1, 0.15) is 0 Å². The van der Waals surface area contributed by atoms with Crippen LogP contribution in [0, 0.1) is 5.92 Å². The Morgan fingerprint density at radius 3 is 2.67 bits per heavy atom. The summed E-state index contributed by atoms with van der Waals surface area (Å²) >= 11 is 5.85. The molecule has 0 bridgehead atoms. The minimum Gasteiger partial charge on any atom is -0.380 e. The van der Waals surface area contributed by atoms with Crippen LogP contribution in [0.1, 0.15) is 19.3 Å². The van der Waals surface area contributed by atoms with Crippen molar-refractivity contribution in [3.8, 4) is 0 Å². The molecule has 2 fully saturated rings. The summed E-state index contributed by atoms with van der Waals surface area (Å²) < 4.78 is 33.5. The quantitative estimate of drug-likeness (QED) is 0.727. The smallest absolute Gasteiger partial charge is 0.282 e. The summed E-state index contributed by atoms with van der Waals surface area (Å²) in [7, 11) is -3.32. The van der Waals surface area contributed by atoms with E-state index in [9.17, 15) is 8.42 Å². The van der Waals surface area contributed by atoms with Crippen LogP contribution < -0.4 is 0 Å². The van der Waals surface area contributed by atoms with E-state index in [-0.39, 0.29) is 0 Å². The summed E-state index contributed by atoms with van der Waals surface area (Å²) in [5, 5.41) is 0. The van der Waals surface area contributed by atoms with Crippen molar-refractivity contribution in [1.82, 2.24) is 8.61 Å². The fourth-order valence-corrected chi connectivity index (χ4v) is 4.48.